The van der Waals surface area contributed by atoms with Crippen LogP contribution in [0.25, 0.3) is 0 Å². The van der Waals surface area contributed by atoms with E-state index in [4.69, 9.17) is 4.99 Å². The van der Waals surface area contributed by atoms with Crippen LogP contribution in [0.1, 0.15) is 44.9 Å². The second-order valence-corrected chi connectivity index (χ2v) is 4.16. The molecule has 2 heteroatoms. The van der Waals surface area contributed by atoms with E-state index in [9.17, 15) is 0 Å². The van der Waals surface area contributed by atoms with E-state index in [-0.39, 0.29) is 0 Å². The molecule has 1 fully saturated rings. The van der Waals surface area contributed by atoms with Crippen molar-refractivity contribution in [2.75, 3.05) is 19.6 Å². The van der Waals surface area contributed by atoms with Crippen molar-refractivity contribution < 1.29 is 0 Å². The topological polar surface area (TPSA) is 15.6 Å². The van der Waals surface area contributed by atoms with Crippen molar-refractivity contribution in [2.24, 2.45) is 4.99 Å². The van der Waals surface area contributed by atoms with E-state index < -0.39 is 0 Å². The minimum absolute atomic E-state index is 1.08. The molecular formula is C11H20N2. The summed E-state index contributed by atoms with van der Waals surface area (Å²) >= 11 is 0. The lowest BCUT2D eigenvalue weighted by Crippen LogP contribution is -2.32. The molecule has 0 aromatic heterocycles. The number of fused-ring (bicyclic) bond motifs is 1. The third-order valence-electron chi connectivity index (χ3n) is 3.07. The third-order valence-corrected chi connectivity index (χ3v) is 3.07. The van der Waals surface area contributed by atoms with Crippen LogP contribution in [0.3, 0.4) is 0 Å². The Morgan fingerprint density at radius 3 is 2.46 bits per heavy atom. The Morgan fingerprint density at radius 2 is 1.62 bits per heavy atom. The zero-order chi connectivity index (χ0) is 8.93. The van der Waals surface area contributed by atoms with Crippen molar-refractivity contribution in [1.29, 1.82) is 0 Å². The molecule has 2 aliphatic rings. The van der Waals surface area contributed by atoms with Crippen molar-refractivity contribution in [3.05, 3.63) is 0 Å². The molecule has 0 unspecified atom stereocenters. The molecule has 0 aromatic rings. The molecule has 0 spiro atoms. The van der Waals surface area contributed by atoms with Crippen LogP contribution in [-0.4, -0.2) is 30.4 Å². The summed E-state index contributed by atoms with van der Waals surface area (Å²) in [5, 5.41) is 0. The molecule has 0 atom stereocenters. The summed E-state index contributed by atoms with van der Waals surface area (Å²) in [4.78, 5) is 7.24. The Morgan fingerprint density at radius 1 is 0.846 bits per heavy atom. The van der Waals surface area contributed by atoms with Gasteiger partial charge in [-0.25, -0.2) is 0 Å². The molecule has 0 aromatic carbocycles. The van der Waals surface area contributed by atoms with Gasteiger partial charge in [-0.05, 0) is 32.1 Å². The first kappa shape index (κ1) is 9.04. The molecule has 2 nitrogen and oxygen atoms in total. The van der Waals surface area contributed by atoms with Crippen LogP contribution in [0.4, 0.5) is 0 Å². The van der Waals surface area contributed by atoms with Gasteiger partial charge >= 0.3 is 0 Å². The Balaban J connectivity index is 2.04. The molecule has 74 valence electrons. The maximum absolute atomic E-state index is 4.71. The SMILES string of the molecule is C1CC/N=C2/CCCCCN2CC1. The number of hydrogen-bond donors (Lipinski definition) is 0. The van der Waals surface area contributed by atoms with Gasteiger partial charge in [0.2, 0.25) is 0 Å². The highest BCUT2D eigenvalue weighted by Crippen LogP contribution is 2.15. The maximum Gasteiger partial charge on any atom is 0.0988 e. The summed E-state index contributed by atoms with van der Waals surface area (Å²) in [7, 11) is 0. The first-order chi connectivity index (χ1) is 6.47. The monoisotopic (exact) mass is 180 g/mol. The normalized spacial score (nSPS) is 29.2. The van der Waals surface area contributed by atoms with Crippen molar-refractivity contribution in [3.8, 4) is 0 Å². The van der Waals surface area contributed by atoms with Crippen LogP contribution < -0.4 is 0 Å². The number of nitrogens with zero attached hydrogens (tertiary/aromatic N) is 2. The van der Waals surface area contributed by atoms with Gasteiger partial charge in [-0.1, -0.05) is 6.42 Å². The van der Waals surface area contributed by atoms with Gasteiger partial charge in [0.25, 0.3) is 0 Å². The molecule has 13 heavy (non-hydrogen) atoms. The van der Waals surface area contributed by atoms with Gasteiger partial charge in [0.1, 0.15) is 0 Å². The van der Waals surface area contributed by atoms with E-state index in [2.05, 4.69) is 4.90 Å². The predicted octanol–water partition coefficient (Wildman–Crippen LogP) is 2.44. The van der Waals surface area contributed by atoms with Gasteiger partial charge in [0.05, 0.1) is 5.84 Å². The summed E-state index contributed by atoms with van der Waals surface area (Å²) in [6.07, 6.45) is 9.41. The van der Waals surface area contributed by atoms with Gasteiger partial charge in [0, 0.05) is 26.1 Å². The number of rotatable bonds is 0. The minimum atomic E-state index is 1.08. The van der Waals surface area contributed by atoms with Crippen molar-refractivity contribution >= 4 is 5.84 Å². The second kappa shape index (κ2) is 4.64. The van der Waals surface area contributed by atoms with Gasteiger partial charge in [-0.3, -0.25) is 4.99 Å². The second-order valence-electron chi connectivity index (χ2n) is 4.16. The smallest absolute Gasteiger partial charge is 0.0988 e. The standard InChI is InChI=1S/C11H20N2/c1-3-7-11-12-8-4-2-6-10-13(11)9-5-1/h1-10H2/b12-11-. The molecule has 0 aliphatic carbocycles. The highest BCUT2D eigenvalue weighted by atomic mass is 15.2. The quantitative estimate of drug-likeness (QED) is 0.559. The van der Waals surface area contributed by atoms with Crippen molar-refractivity contribution in [1.82, 2.24) is 4.90 Å². The van der Waals surface area contributed by atoms with Gasteiger partial charge < -0.3 is 4.90 Å². The van der Waals surface area contributed by atoms with E-state index in [0.717, 1.165) is 6.54 Å². The Labute approximate surface area is 81.0 Å². The number of amidine groups is 1. The van der Waals surface area contributed by atoms with Crippen LogP contribution in [-0.2, 0) is 0 Å². The number of aliphatic imine (C=N–C) groups is 1. The van der Waals surface area contributed by atoms with E-state index in [0.29, 0.717) is 0 Å². The molecule has 2 heterocycles. The maximum atomic E-state index is 4.71. The fourth-order valence-corrected chi connectivity index (χ4v) is 2.27. The first-order valence-corrected chi connectivity index (χ1v) is 5.75. The Bertz CT molecular complexity index is 187. The largest absolute Gasteiger partial charge is 0.360 e. The lowest BCUT2D eigenvalue weighted by molar-refractivity contribution is 0.389. The molecule has 0 N–H and O–H groups in total. The summed E-state index contributed by atoms with van der Waals surface area (Å²) < 4.78 is 0. The number of hydrogen-bond acceptors (Lipinski definition) is 2. The van der Waals surface area contributed by atoms with E-state index in [1.54, 1.807) is 0 Å². The van der Waals surface area contributed by atoms with E-state index >= 15 is 0 Å². The predicted molar refractivity (Wildman–Crippen MR) is 56.2 cm³/mol. The van der Waals surface area contributed by atoms with Crippen LogP contribution in [0, 0.1) is 0 Å². The average molecular weight is 180 g/mol. The lowest BCUT2D eigenvalue weighted by atomic mass is 10.2. The molecule has 2 rings (SSSR count). The summed E-state index contributed by atoms with van der Waals surface area (Å²) in [5.74, 6) is 1.41. The Hall–Kier alpha value is -0.530. The van der Waals surface area contributed by atoms with E-state index in [1.807, 2.05) is 0 Å². The summed E-state index contributed by atoms with van der Waals surface area (Å²) in [6.45, 7) is 3.60. The van der Waals surface area contributed by atoms with Gasteiger partial charge in [-0.2, -0.15) is 0 Å². The van der Waals surface area contributed by atoms with Crippen molar-refractivity contribution in [2.45, 2.75) is 44.9 Å². The highest BCUT2D eigenvalue weighted by molar-refractivity contribution is 5.82. The fraction of sp³-hybridized carbons (Fsp3) is 0.909. The van der Waals surface area contributed by atoms with Gasteiger partial charge in [-0.15, -0.1) is 0 Å². The summed E-state index contributed by atoms with van der Waals surface area (Å²) in [5.41, 5.74) is 0. The molecule has 1 saturated heterocycles. The zero-order valence-corrected chi connectivity index (χ0v) is 8.47. The van der Waals surface area contributed by atoms with Gasteiger partial charge in [0.15, 0.2) is 0 Å². The Kier molecular flexibility index (Phi) is 3.22. The lowest BCUT2D eigenvalue weighted by Gasteiger charge is -2.25. The third kappa shape index (κ3) is 2.45. The highest BCUT2D eigenvalue weighted by Gasteiger charge is 2.15. The van der Waals surface area contributed by atoms with Crippen LogP contribution in [0.5, 0.6) is 0 Å². The summed E-state index contributed by atoms with van der Waals surface area (Å²) in [6, 6.07) is 0. The minimum Gasteiger partial charge on any atom is -0.360 e. The van der Waals surface area contributed by atoms with Crippen LogP contribution >= 0.6 is 0 Å². The molecule has 2 aliphatic heterocycles. The molecule has 0 saturated carbocycles. The zero-order valence-electron chi connectivity index (χ0n) is 8.47. The fourth-order valence-electron chi connectivity index (χ4n) is 2.27. The van der Waals surface area contributed by atoms with Crippen LogP contribution in [0.15, 0.2) is 4.99 Å². The molecule has 0 amide bonds. The molecular weight excluding hydrogens is 160 g/mol. The van der Waals surface area contributed by atoms with Crippen LogP contribution in [0.2, 0.25) is 0 Å². The molecule has 0 radical (unpaired) electrons. The van der Waals surface area contributed by atoms with E-state index in [1.165, 1.54) is 63.9 Å². The van der Waals surface area contributed by atoms with Crippen molar-refractivity contribution in [3.63, 3.8) is 0 Å². The first-order valence-electron chi connectivity index (χ1n) is 5.75. The average Bonchev–Trinajstić information content (AvgIpc) is 2.30. The molecule has 0 bridgehead atoms.